The third kappa shape index (κ3) is 3.78. The number of rotatable bonds is 4. The Morgan fingerprint density at radius 2 is 1.95 bits per heavy atom. The van der Waals surface area contributed by atoms with E-state index in [-0.39, 0.29) is 0 Å². The molecule has 1 unspecified atom stereocenters. The molecule has 1 aliphatic rings. The second kappa shape index (κ2) is 7.16. The highest BCUT2D eigenvalue weighted by Gasteiger charge is 2.22. The molecule has 21 heavy (non-hydrogen) atoms. The van der Waals surface area contributed by atoms with E-state index in [0.29, 0.717) is 6.04 Å². The Morgan fingerprint density at radius 1 is 1.14 bits per heavy atom. The van der Waals surface area contributed by atoms with Gasteiger partial charge in [0, 0.05) is 44.6 Å². The largest absolute Gasteiger partial charge is 0.314 e. The average molecular weight is 279 g/mol. The van der Waals surface area contributed by atoms with Gasteiger partial charge in [-0.2, -0.15) is 0 Å². The van der Waals surface area contributed by atoms with Gasteiger partial charge in [0.1, 0.15) is 0 Å². The van der Waals surface area contributed by atoms with Gasteiger partial charge in [0.25, 0.3) is 0 Å². The molecule has 0 saturated carbocycles. The van der Waals surface area contributed by atoms with Gasteiger partial charge in [-0.1, -0.05) is 42.5 Å². The van der Waals surface area contributed by atoms with E-state index >= 15 is 0 Å². The predicted molar refractivity (Wildman–Crippen MR) is 86.9 cm³/mol. The van der Waals surface area contributed by atoms with E-state index in [0.717, 1.165) is 26.2 Å². The zero-order valence-corrected chi connectivity index (χ0v) is 12.2. The maximum absolute atomic E-state index is 4.11. The van der Waals surface area contributed by atoms with Crippen LogP contribution in [-0.2, 0) is 0 Å². The highest BCUT2D eigenvalue weighted by molar-refractivity contribution is 5.48. The summed E-state index contributed by atoms with van der Waals surface area (Å²) in [6.07, 6.45) is 8.21. The Hall–Kier alpha value is -1.97. The summed E-state index contributed by atoms with van der Waals surface area (Å²) in [4.78, 5) is 6.63. The Balaban J connectivity index is 1.66. The van der Waals surface area contributed by atoms with Gasteiger partial charge in [-0.05, 0) is 23.3 Å². The number of benzene rings is 1. The van der Waals surface area contributed by atoms with Crippen molar-refractivity contribution in [3.63, 3.8) is 0 Å². The van der Waals surface area contributed by atoms with Gasteiger partial charge in [0.2, 0.25) is 0 Å². The summed E-state index contributed by atoms with van der Waals surface area (Å²) in [7, 11) is 0. The first-order valence-corrected chi connectivity index (χ1v) is 7.50. The van der Waals surface area contributed by atoms with E-state index in [9.17, 15) is 0 Å². The van der Waals surface area contributed by atoms with Gasteiger partial charge >= 0.3 is 0 Å². The predicted octanol–water partition coefficient (Wildman–Crippen LogP) is 2.74. The fraction of sp³-hybridized carbons (Fsp3) is 0.278. The van der Waals surface area contributed by atoms with Crippen LogP contribution >= 0.6 is 0 Å². The Morgan fingerprint density at radius 3 is 2.76 bits per heavy atom. The monoisotopic (exact) mass is 279 g/mol. The van der Waals surface area contributed by atoms with Crippen LogP contribution in [0.1, 0.15) is 17.2 Å². The van der Waals surface area contributed by atoms with E-state index in [1.54, 1.807) is 0 Å². The highest BCUT2D eigenvalue weighted by Crippen LogP contribution is 2.21. The normalized spacial score (nSPS) is 19.9. The molecule has 1 N–H and O–H groups in total. The van der Waals surface area contributed by atoms with Gasteiger partial charge in [-0.15, -0.1) is 0 Å². The second-order valence-electron chi connectivity index (χ2n) is 5.31. The Bertz CT molecular complexity index is 566. The molecule has 0 spiro atoms. The molecular weight excluding hydrogens is 258 g/mol. The van der Waals surface area contributed by atoms with Crippen molar-refractivity contribution in [2.45, 2.75) is 6.04 Å². The number of piperazine rings is 1. The van der Waals surface area contributed by atoms with Crippen LogP contribution in [0.5, 0.6) is 0 Å². The van der Waals surface area contributed by atoms with Crippen molar-refractivity contribution >= 4 is 6.08 Å². The smallest absolute Gasteiger partial charge is 0.0477 e. The molecule has 1 fully saturated rings. The minimum Gasteiger partial charge on any atom is -0.314 e. The summed E-state index contributed by atoms with van der Waals surface area (Å²) in [5, 5.41) is 3.49. The van der Waals surface area contributed by atoms with E-state index in [2.05, 4.69) is 63.8 Å². The SMILES string of the molecule is C(=C\c1ccccc1)/CN1CCNCC1c1ccncc1. The molecule has 1 saturated heterocycles. The Kier molecular flexibility index (Phi) is 4.77. The molecule has 108 valence electrons. The van der Waals surface area contributed by atoms with Crippen LogP contribution in [-0.4, -0.2) is 36.1 Å². The molecule has 2 aromatic rings. The lowest BCUT2D eigenvalue weighted by Gasteiger charge is -2.35. The molecule has 1 aliphatic heterocycles. The Labute approximate surface area is 126 Å². The third-order valence-corrected chi connectivity index (χ3v) is 3.89. The summed E-state index contributed by atoms with van der Waals surface area (Å²) >= 11 is 0. The van der Waals surface area contributed by atoms with Crippen molar-refractivity contribution in [3.05, 3.63) is 72.1 Å². The molecule has 0 amide bonds. The lowest BCUT2D eigenvalue weighted by atomic mass is 10.0. The molecule has 3 rings (SSSR count). The second-order valence-corrected chi connectivity index (χ2v) is 5.31. The number of pyridine rings is 1. The van der Waals surface area contributed by atoms with Gasteiger partial charge in [-0.3, -0.25) is 9.88 Å². The van der Waals surface area contributed by atoms with Crippen LogP contribution in [0.15, 0.2) is 60.9 Å². The highest BCUT2D eigenvalue weighted by atomic mass is 15.2. The number of hydrogen-bond acceptors (Lipinski definition) is 3. The molecule has 2 heterocycles. The maximum atomic E-state index is 4.11. The van der Waals surface area contributed by atoms with Gasteiger partial charge in [-0.25, -0.2) is 0 Å². The molecule has 1 aromatic heterocycles. The number of aromatic nitrogens is 1. The fourth-order valence-corrected chi connectivity index (χ4v) is 2.77. The van der Waals surface area contributed by atoms with Crippen molar-refractivity contribution in [1.29, 1.82) is 0 Å². The van der Waals surface area contributed by atoms with E-state index in [1.807, 2.05) is 18.5 Å². The van der Waals surface area contributed by atoms with Crippen molar-refractivity contribution < 1.29 is 0 Å². The van der Waals surface area contributed by atoms with Crippen LogP contribution in [0.2, 0.25) is 0 Å². The van der Waals surface area contributed by atoms with Crippen molar-refractivity contribution in [2.75, 3.05) is 26.2 Å². The zero-order valence-electron chi connectivity index (χ0n) is 12.2. The molecule has 1 atom stereocenters. The molecule has 0 radical (unpaired) electrons. The number of nitrogens with zero attached hydrogens (tertiary/aromatic N) is 2. The third-order valence-electron chi connectivity index (χ3n) is 3.89. The first-order valence-electron chi connectivity index (χ1n) is 7.50. The van der Waals surface area contributed by atoms with Gasteiger partial charge in [0.05, 0.1) is 0 Å². The summed E-state index contributed by atoms with van der Waals surface area (Å²) < 4.78 is 0. The zero-order chi connectivity index (χ0) is 14.3. The summed E-state index contributed by atoms with van der Waals surface area (Å²) in [6, 6.07) is 15.1. The summed E-state index contributed by atoms with van der Waals surface area (Å²) in [5.74, 6) is 0. The van der Waals surface area contributed by atoms with Crippen LogP contribution in [0.4, 0.5) is 0 Å². The summed E-state index contributed by atoms with van der Waals surface area (Å²) in [6.45, 7) is 4.11. The van der Waals surface area contributed by atoms with Crippen LogP contribution in [0.3, 0.4) is 0 Å². The lowest BCUT2D eigenvalue weighted by molar-refractivity contribution is 0.180. The lowest BCUT2D eigenvalue weighted by Crippen LogP contribution is -2.45. The van der Waals surface area contributed by atoms with Gasteiger partial charge in [0.15, 0.2) is 0 Å². The van der Waals surface area contributed by atoms with E-state index in [4.69, 9.17) is 0 Å². The molecule has 0 aliphatic carbocycles. The van der Waals surface area contributed by atoms with E-state index in [1.165, 1.54) is 11.1 Å². The average Bonchev–Trinajstić information content (AvgIpc) is 2.57. The molecule has 3 nitrogen and oxygen atoms in total. The fourth-order valence-electron chi connectivity index (χ4n) is 2.77. The molecular formula is C18H21N3. The van der Waals surface area contributed by atoms with Crippen molar-refractivity contribution in [1.82, 2.24) is 15.2 Å². The number of nitrogens with one attached hydrogen (secondary N) is 1. The van der Waals surface area contributed by atoms with Crippen LogP contribution in [0, 0.1) is 0 Å². The summed E-state index contributed by atoms with van der Waals surface area (Å²) in [5.41, 5.74) is 2.60. The quantitative estimate of drug-likeness (QED) is 0.933. The minimum atomic E-state index is 0.433. The van der Waals surface area contributed by atoms with Crippen molar-refractivity contribution in [2.24, 2.45) is 0 Å². The number of hydrogen-bond donors (Lipinski definition) is 1. The van der Waals surface area contributed by atoms with E-state index < -0.39 is 0 Å². The first-order chi connectivity index (χ1) is 10.4. The van der Waals surface area contributed by atoms with Crippen LogP contribution < -0.4 is 5.32 Å². The molecule has 0 bridgehead atoms. The molecule has 1 aromatic carbocycles. The molecule has 3 heteroatoms. The maximum Gasteiger partial charge on any atom is 0.0477 e. The van der Waals surface area contributed by atoms with Gasteiger partial charge < -0.3 is 5.32 Å². The first kappa shape index (κ1) is 14.0. The minimum absolute atomic E-state index is 0.433. The van der Waals surface area contributed by atoms with Crippen molar-refractivity contribution in [3.8, 4) is 0 Å². The standard InChI is InChI=1S/C18H21N3/c1-2-5-16(6-3-1)7-4-13-21-14-12-20-15-18(21)17-8-10-19-11-9-17/h1-11,18,20H,12-15H2/b7-4+. The topological polar surface area (TPSA) is 28.2 Å². The van der Waals surface area contributed by atoms with Crippen LogP contribution in [0.25, 0.3) is 6.08 Å².